The summed E-state index contributed by atoms with van der Waals surface area (Å²) in [6.07, 6.45) is 2.48. The molecule has 1 aromatic carbocycles. The van der Waals surface area contributed by atoms with Gasteiger partial charge in [-0.15, -0.1) is 0 Å². The van der Waals surface area contributed by atoms with Crippen LogP contribution in [0.3, 0.4) is 0 Å². The largest absolute Gasteiger partial charge is 0.325 e. The minimum Gasteiger partial charge on any atom is -0.325 e. The number of rotatable bonds is 4. The summed E-state index contributed by atoms with van der Waals surface area (Å²) in [5.74, 6) is 0.677. The summed E-state index contributed by atoms with van der Waals surface area (Å²) in [6, 6.07) is 7.96. The SMILES string of the molecule is CC(N)c1ccc(NC(=O)N(C)C(C)C2CC2)cc1. The topological polar surface area (TPSA) is 58.4 Å². The first-order valence-electron chi connectivity index (χ1n) is 6.88. The summed E-state index contributed by atoms with van der Waals surface area (Å²) in [7, 11) is 1.86. The molecule has 19 heavy (non-hydrogen) atoms. The van der Waals surface area contributed by atoms with Crippen molar-refractivity contribution in [2.45, 2.75) is 38.8 Å². The lowest BCUT2D eigenvalue weighted by molar-refractivity contribution is 0.201. The maximum atomic E-state index is 12.1. The third-order valence-electron chi connectivity index (χ3n) is 3.92. The van der Waals surface area contributed by atoms with Gasteiger partial charge in [0.1, 0.15) is 0 Å². The number of benzene rings is 1. The summed E-state index contributed by atoms with van der Waals surface area (Å²) in [6.45, 7) is 4.05. The van der Waals surface area contributed by atoms with Crippen LogP contribution in [0.25, 0.3) is 0 Å². The van der Waals surface area contributed by atoms with Gasteiger partial charge in [-0.25, -0.2) is 4.79 Å². The van der Waals surface area contributed by atoms with Crippen molar-refractivity contribution in [1.29, 1.82) is 0 Å². The minimum atomic E-state index is -0.0482. The fourth-order valence-electron chi connectivity index (χ4n) is 2.16. The zero-order valence-corrected chi connectivity index (χ0v) is 11.9. The number of hydrogen-bond acceptors (Lipinski definition) is 2. The zero-order chi connectivity index (χ0) is 14.0. The molecule has 0 aromatic heterocycles. The molecule has 2 atom stereocenters. The highest BCUT2D eigenvalue weighted by Gasteiger charge is 2.32. The van der Waals surface area contributed by atoms with Gasteiger partial charge in [-0.3, -0.25) is 0 Å². The van der Waals surface area contributed by atoms with Crippen LogP contribution in [-0.2, 0) is 0 Å². The molecule has 2 rings (SSSR count). The Hall–Kier alpha value is -1.55. The quantitative estimate of drug-likeness (QED) is 0.875. The second-order valence-electron chi connectivity index (χ2n) is 5.53. The second kappa shape index (κ2) is 5.61. The van der Waals surface area contributed by atoms with E-state index >= 15 is 0 Å². The molecule has 1 saturated carbocycles. The van der Waals surface area contributed by atoms with Crippen LogP contribution in [0, 0.1) is 5.92 Å². The predicted molar refractivity (Wildman–Crippen MR) is 78.0 cm³/mol. The summed E-state index contributed by atoms with van der Waals surface area (Å²) >= 11 is 0. The fraction of sp³-hybridized carbons (Fsp3) is 0.533. The molecule has 0 radical (unpaired) electrons. The van der Waals surface area contributed by atoms with Crippen LogP contribution in [-0.4, -0.2) is 24.0 Å². The molecule has 2 unspecified atom stereocenters. The molecule has 2 amide bonds. The Labute approximate surface area is 115 Å². The van der Waals surface area contributed by atoms with Gasteiger partial charge in [-0.1, -0.05) is 12.1 Å². The molecule has 0 spiro atoms. The van der Waals surface area contributed by atoms with Crippen LogP contribution in [0.5, 0.6) is 0 Å². The van der Waals surface area contributed by atoms with Crippen molar-refractivity contribution >= 4 is 11.7 Å². The first-order valence-corrected chi connectivity index (χ1v) is 6.88. The van der Waals surface area contributed by atoms with Crippen LogP contribution in [0.4, 0.5) is 10.5 Å². The summed E-state index contributed by atoms with van der Waals surface area (Å²) in [5.41, 5.74) is 7.67. The maximum Gasteiger partial charge on any atom is 0.321 e. The number of carbonyl (C=O) groups excluding carboxylic acids is 1. The molecule has 0 aliphatic heterocycles. The Kier molecular flexibility index (Phi) is 4.10. The van der Waals surface area contributed by atoms with E-state index in [2.05, 4.69) is 12.2 Å². The molecule has 1 aromatic rings. The van der Waals surface area contributed by atoms with Crippen molar-refractivity contribution in [3.63, 3.8) is 0 Å². The molecular formula is C15H23N3O. The van der Waals surface area contributed by atoms with Crippen LogP contribution in [0.2, 0.25) is 0 Å². The van der Waals surface area contributed by atoms with Crippen LogP contribution >= 0.6 is 0 Å². The number of amides is 2. The van der Waals surface area contributed by atoms with Crippen molar-refractivity contribution in [2.24, 2.45) is 11.7 Å². The first-order chi connectivity index (χ1) is 8.99. The van der Waals surface area contributed by atoms with Gasteiger partial charge in [0.2, 0.25) is 0 Å². The van der Waals surface area contributed by atoms with Gasteiger partial charge in [0.05, 0.1) is 0 Å². The molecule has 4 heteroatoms. The third kappa shape index (κ3) is 3.47. The molecule has 1 fully saturated rings. The smallest absolute Gasteiger partial charge is 0.321 e. The highest BCUT2D eigenvalue weighted by atomic mass is 16.2. The highest BCUT2D eigenvalue weighted by Crippen LogP contribution is 2.34. The first kappa shape index (κ1) is 13.9. The number of anilines is 1. The minimum absolute atomic E-state index is 0.0160. The van der Waals surface area contributed by atoms with Gasteiger partial charge in [-0.05, 0) is 50.3 Å². The fourth-order valence-corrected chi connectivity index (χ4v) is 2.16. The van der Waals surface area contributed by atoms with Gasteiger partial charge in [0.15, 0.2) is 0 Å². The Balaban J connectivity index is 1.94. The Bertz CT molecular complexity index is 437. The summed E-state index contributed by atoms with van der Waals surface area (Å²) in [4.78, 5) is 13.9. The van der Waals surface area contributed by atoms with Crippen molar-refractivity contribution in [3.8, 4) is 0 Å². The van der Waals surface area contributed by atoms with Gasteiger partial charge in [0, 0.05) is 24.8 Å². The molecule has 1 aliphatic carbocycles. The number of urea groups is 1. The summed E-state index contributed by atoms with van der Waals surface area (Å²) in [5, 5.41) is 2.92. The molecule has 104 valence electrons. The number of nitrogens with zero attached hydrogens (tertiary/aromatic N) is 1. The molecule has 3 N–H and O–H groups in total. The van der Waals surface area contributed by atoms with E-state index in [9.17, 15) is 4.79 Å². The third-order valence-corrected chi connectivity index (χ3v) is 3.92. The lowest BCUT2D eigenvalue weighted by atomic mass is 10.1. The average molecular weight is 261 g/mol. The number of hydrogen-bond donors (Lipinski definition) is 2. The van der Waals surface area contributed by atoms with Crippen molar-refractivity contribution in [1.82, 2.24) is 4.90 Å². The van der Waals surface area contributed by atoms with Gasteiger partial charge in [-0.2, -0.15) is 0 Å². The molecule has 0 bridgehead atoms. The van der Waals surface area contributed by atoms with E-state index in [0.29, 0.717) is 12.0 Å². The van der Waals surface area contributed by atoms with Crippen molar-refractivity contribution in [3.05, 3.63) is 29.8 Å². The van der Waals surface area contributed by atoms with E-state index < -0.39 is 0 Å². The number of nitrogens with two attached hydrogens (primary N) is 1. The van der Waals surface area contributed by atoms with Crippen LogP contribution < -0.4 is 11.1 Å². The normalized spacial score (nSPS) is 17.7. The van der Waals surface area contributed by atoms with E-state index in [1.54, 1.807) is 4.90 Å². The van der Waals surface area contributed by atoms with Gasteiger partial charge >= 0.3 is 6.03 Å². The lowest BCUT2D eigenvalue weighted by Gasteiger charge is -2.25. The van der Waals surface area contributed by atoms with E-state index in [0.717, 1.165) is 11.3 Å². The molecular weight excluding hydrogens is 238 g/mol. The van der Waals surface area contributed by atoms with E-state index in [-0.39, 0.29) is 12.1 Å². The van der Waals surface area contributed by atoms with Crippen LogP contribution in [0.15, 0.2) is 24.3 Å². The lowest BCUT2D eigenvalue weighted by Crippen LogP contribution is -2.39. The molecule has 4 nitrogen and oxygen atoms in total. The van der Waals surface area contributed by atoms with Crippen molar-refractivity contribution < 1.29 is 4.79 Å². The van der Waals surface area contributed by atoms with Gasteiger partial charge < -0.3 is 16.0 Å². The standard InChI is InChI=1S/C15H23N3O/c1-10(16)12-6-8-14(9-7-12)17-15(19)18(3)11(2)13-4-5-13/h6-11,13H,4-5,16H2,1-3H3,(H,17,19). The summed E-state index contributed by atoms with van der Waals surface area (Å²) < 4.78 is 0. The highest BCUT2D eigenvalue weighted by molar-refractivity contribution is 5.89. The Morgan fingerprint density at radius 2 is 1.89 bits per heavy atom. The van der Waals surface area contributed by atoms with Crippen LogP contribution in [0.1, 0.15) is 38.3 Å². The Morgan fingerprint density at radius 1 is 1.32 bits per heavy atom. The predicted octanol–water partition coefficient (Wildman–Crippen LogP) is 2.97. The van der Waals surface area contributed by atoms with E-state index in [1.807, 2.05) is 38.2 Å². The number of nitrogens with one attached hydrogen (secondary N) is 1. The average Bonchev–Trinajstić information content (AvgIpc) is 3.21. The molecule has 0 heterocycles. The zero-order valence-electron chi connectivity index (χ0n) is 11.9. The number of carbonyl (C=O) groups is 1. The van der Waals surface area contributed by atoms with Crippen molar-refractivity contribution in [2.75, 3.05) is 12.4 Å². The van der Waals surface area contributed by atoms with E-state index in [1.165, 1.54) is 12.8 Å². The van der Waals surface area contributed by atoms with Gasteiger partial charge in [0.25, 0.3) is 0 Å². The molecule has 0 saturated heterocycles. The second-order valence-corrected chi connectivity index (χ2v) is 5.53. The van der Waals surface area contributed by atoms with E-state index in [4.69, 9.17) is 5.73 Å². The molecule has 1 aliphatic rings. The maximum absolute atomic E-state index is 12.1. The Morgan fingerprint density at radius 3 is 2.37 bits per heavy atom. The monoisotopic (exact) mass is 261 g/mol.